The zero-order valence-electron chi connectivity index (χ0n) is 11.7. The van der Waals surface area contributed by atoms with Crippen molar-refractivity contribution in [3.05, 3.63) is 23.9 Å². The van der Waals surface area contributed by atoms with Crippen molar-refractivity contribution in [1.82, 2.24) is 9.88 Å². The van der Waals surface area contributed by atoms with E-state index in [1.165, 1.54) is 37.9 Å². The summed E-state index contributed by atoms with van der Waals surface area (Å²) in [5.74, 6) is 1.94. The Morgan fingerprint density at radius 2 is 2.33 bits per heavy atom. The molecule has 0 aliphatic carbocycles. The summed E-state index contributed by atoms with van der Waals surface area (Å²) in [6.45, 7) is 8.87. The van der Waals surface area contributed by atoms with E-state index in [0.717, 1.165) is 24.8 Å². The number of piperidine rings is 1. The lowest BCUT2D eigenvalue weighted by Gasteiger charge is -2.32. The first-order chi connectivity index (χ1) is 8.83. The molecule has 1 N–H and O–H groups in total. The van der Waals surface area contributed by atoms with Crippen LogP contribution in [0, 0.1) is 5.92 Å². The molecule has 0 bridgehead atoms. The molecule has 1 aliphatic heterocycles. The summed E-state index contributed by atoms with van der Waals surface area (Å²) in [5, 5.41) is 3.35. The fraction of sp³-hybridized carbons (Fsp3) is 0.667. The number of aromatic nitrogens is 1. The molecule has 0 aromatic carbocycles. The topological polar surface area (TPSA) is 28.2 Å². The van der Waals surface area contributed by atoms with Gasteiger partial charge in [0, 0.05) is 31.4 Å². The van der Waals surface area contributed by atoms with Crippen LogP contribution in [0.2, 0.25) is 0 Å². The summed E-state index contributed by atoms with van der Waals surface area (Å²) < 4.78 is 0. The molecule has 0 saturated carbocycles. The van der Waals surface area contributed by atoms with Crippen molar-refractivity contribution in [2.24, 2.45) is 5.92 Å². The second-order valence-corrected chi connectivity index (χ2v) is 5.19. The van der Waals surface area contributed by atoms with Crippen molar-refractivity contribution in [3.8, 4) is 0 Å². The summed E-state index contributed by atoms with van der Waals surface area (Å²) in [4.78, 5) is 7.01. The summed E-state index contributed by atoms with van der Waals surface area (Å²) >= 11 is 0. The SMILES string of the molecule is CCNc1ncccc1CN1CCCC(CC)C1. The number of anilines is 1. The second-order valence-electron chi connectivity index (χ2n) is 5.19. The normalized spacial score (nSPS) is 20.9. The third kappa shape index (κ3) is 3.45. The first-order valence-electron chi connectivity index (χ1n) is 7.23. The van der Waals surface area contributed by atoms with E-state index >= 15 is 0 Å². The minimum atomic E-state index is 0.887. The van der Waals surface area contributed by atoms with Crippen molar-refractivity contribution in [1.29, 1.82) is 0 Å². The van der Waals surface area contributed by atoms with Gasteiger partial charge in [0.15, 0.2) is 0 Å². The van der Waals surface area contributed by atoms with Gasteiger partial charge < -0.3 is 5.32 Å². The van der Waals surface area contributed by atoms with Crippen LogP contribution in [-0.2, 0) is 6.54 Å². The zero-order valence-corrected chi connectivity index (χ0v) is 11.7. The number of hydrogen-bond donors (Lipinski definition) is 1. The highest BCUT2D eigenvalue weighted by Gasteiger charge is 2.19. The number of nitrogens with zero attached hydrogens (tertiary/aromatic N) is 2. The Balaban J connectivity index is 1.99. The first-order valence-corrected chi connectivity index (χ1v) is 7.23. The molecule has 0 spiro atoms. The predicted molar refractivity (Wildman–Crippen MR) is 76.7 cm³/mol. The third-order valence-electron chi connectivity index (χ3n) is 3.81. The molecular weight excluding hydrogens is 222 g/mol. The Kier molecular flexibility index (Phi) is 5.00. The van der Waals surface area contributed by atoms with Gasteiger partial charge in [-0.15, -0.1) is 0 Å². The molecule has 1 aromatic rings. The molecule has 1 atom stereocenters. The smallest absolute Gasteiger partial charge is 0.130 e. The molecule has 3 nitrogen and oxygen atoms in total. The van der Waals surface area contributed by atoms with Gasteiger partial charge in [0.05, 0.1) is 0 Å². The number of rotatable bonds is 5. The van der Waals surface area contributed by atoms with Crippen molar-refractivity contribution >= 4 is 5.82 Å². The van der Waals surface area contributed by atoms with E-state index in [0.29, 0.717) is 0 Å². The average molecular weight is 247 g/mol. The quantitative estimate of drug-likeness (QED) is 0.866. The standard InChI is InChI=1S/C15H25N3/c1-3-13-7-6-10-18(11-13)12-14-8-5-9-17-15(14)16-4-2/h5,8-9,13H,3-4,6-7,10-12H2,1-2H3,(H,16,17). The zero-order chi connectivity index (χ0) is 12.8. The summed E-state index contributed by atoms with van der Waals surface area (Å²) in [6, 6.07) is 4.23. The maximum absolute atomic E-state index is 4.44. The highest BCUT2D eigenvalue weighted by molar-refractivity contribution is 5.43. The van der Waals surface area contributed by atoms with Gasteiger partial charge in [-0.1, -0.05) is 19.4 Å². The molecule has 18 heavy (non-hydrogen) atoms. The molecule has 1 aromatic heterocycles. The van der Waals surface area contributed by atoms with E-state index in [4.69, 9.17) is 0 Å². The van der Waals surface area contributed by atoms with Crippen LogP contribution in [0.4, 0.5) is 5.82 Å². The van der Waals surface area contributed by atoms with Crippen molar-refractivity contribution < 1.29 is 0 Å². The monoisotopic (exact) mass is 247 g/mol. The highest BCUT2D eigenvalue weighted by atomic mass is 15.1. The number of likely N-dealkylation sites (tertiary alicyclic amines) is 1. The predicted octanol–water partition coefficient (Wildman–Crippen LogP) is 3.14. The number of nitrogens with one attached hydrogen (secondary N) is 1. The minimum Gasteiger partial charge on any atom is -0.370 e. The first kappa shape index (κ1) is 13.3. The van der Waals surface area contributed by atoms with Crippen LogP contribution in [0.3, 0.4) is 0 Å². The van der Waals surface area contributed by atoms with Gasteiger partial charge in [-0.2, -0.15) is 0 Å². The molecule has 3 heteroatoms. The van der Waals surface area contributed by atoms with Crippen LogP contribution in [-0.4, -0.2) is 29.5 Å². The minimum absolute atomic E-state index is 0.887. The van der Waals surface area contributed by atoms with Crippen LogP contribution in [0.5, 0.6) is 0 Å². The van der Waals surface area contributed by atoms with Crippen molar-refractivity contribution in [3.63, 3.8) is 0 Å². The summed E-state index contributed by atoms with van der Waals surface area (Å²) in [5.41, 5.74) is 1.33. The third-order valence-corrected chi connectivity index (χ3v) is 3.81. The summed E-state index contributed by atoms with van der Waals surface area (Å²) in [7, 11) is 0. The lowest BCUT2D eigenvalue weighted by Crippen LogP contribution is -2.34. The number of hydrogen-bond acceptors (Lipinski definition) is 3. The Bertz CT molecular complexity index is 365. The molecular formula is C15H25N3. The Morgan fingerprint density at radius 3 is 3.11 bits per heavy atom. The lowest BCUT2D eigenvalue weighted by atomic mass is 9.95. The van der Waals surface area contributed by atoms with Gasteiger partial charge in [0.2, 0.25) is 0 Å². The van der Waals surface area contributed by atoms with Gasteiger partial charge in [-0.05, 0) is 38.3 Å². The molecule has 100 valence electrons. The van der Waals surface area contributed by atoms with Crippen LogP contribution in [0.25, 0.3) is 0 Å². The average Bonchev–Trinajstić information content (AvgIpc) is 2.41. The van der Waals surface area contributed by atoms with Gasteiger partial charge >= 0.3 is 0 Å². The van der Waals surface area contributed by atoms with Crippen molar-refractivity contribution in [2.45, 2.75) is 39.7 Å². The van der Waals surface area contributed by atoms with Gasteiger partial charge in [0.1, 0.15) is 5.82 Å². The number of pyridine rings is 1. The van der Waals surface area contributed by atoms with E-state index in [-0.39, 0.29) is 0 Å². The van der Waals surface area contributed by atoms with Crippen LogP contribution >= 0.6 is 0 Å². The lowest BCUT2D eigenvalue weighted by molar-refractivity contribution is 0.165. The van der Waals surface area contributed by atoms with Gasteiger partial charge in [0.25, 0.3) is 0 Å². The molecule has 2 rings (SSSR count). The summed E-state index contributed by atoms with van der Waals surface area (Å²) in [6.07, 6.45) is 5.92. The Morgan fingerprint density at radius 1 is 1.44 bits per heavy atom. The maximum Gasteiger partial charge on any atom is 0.130 e. The van der Waals surface area contributed by atoms with Gasteiger partial charge in [-0.3, -0.25) is 4.90 Å². The molecule has 1 unspecified atom stereocenters. The molecule has 2 heterocycles. The van der Waals surface area contributed by atoms with Crippen LogP contribution < -0.4 is 5.32 Å². The van der Waals surface area contributed by atoms with E-state index in [2.05, 4.69) is 35.1 Å². The fourth-order valence-corrected chi connectivity index (χ4v) is 2.76. The molecule has 1 saturated heterocycles. The van der Waals surface area contributed by atoms with E-state index in [9.17, 15) is 0 Å². The largest absolute Gasteiger partial charge is 0.370 e. The second kappa shape index (κ2) is 6.74. The van der Waals surface area contributed by atoms with Crippen molar-refractivity contribution in [2.75, 3.05) is 25.0 Å². The molecule has 0 amide bonds. The molecule has 1 aliphatic rings. The van der Waals surface area contributed by atoms with E-state index < -0.39 is 0 Å². The molecule has 0 radical (unpaired) electrons. The molecule has 1 fully saturated rings. The highest BCUT2D eigenvalue weighted by Crippen LogP contribution is 2.22. The van der Waals surface area contributed by atoms with Crippen LogP contribution in [0.1, 0.15) is 38.7 Å². The Labute approximate surface area is 111 Å². The fourth-order valence-electron chi connectivity index (χ4n) is 2.76. The van der Waals surface area contributed by atoms with Crippen LogP contribution in [0.15, 0.2) is 18.3 Å². The van der Waals surface area contributed by atoms with Gasteiger partial charge in [-0.25, -0.2) is 4.98 Å². The van der Waals surface area contributed by atoms with E-state index in [1.54, 1.807) is 0 Å². The maximum atomic E-state index is 4.44. The Hall–Kier alpha value is -1.09. The van der Waals surface area contributed by atoms with E-state index in [1.807, 2.05) is 12.3 Å².